The summed E-state index contributed by atoms with van der Waals surface area (Å²) in [4.78, 5) is 13.6. The zero-order valence-corrected chi connectivity index (χ0v) is 26.4. The number of piperazine rings is 1. The number of allylic oxidation sites excluding steroid dienone is 3. The number of anilines is 1. The quantitative estimate of drug-likeness (QED) is 0.281. The van der Waals surface area contributed by atoms with Gasteiger partial charge in [0, 0.05) is 43.5 Å². The zero-order chi connectivity index (χ0) is 31.3. The lowest BCUT2D eigenvalue weighted by molar-refractivity contribution is 0.107. The Morgan fingerprint density at radius 2 is 1.96 bits per heavy atom. The second-order valence-electron chi connectivity index (χ2n) is 13.4. The molecule has 4 saturated heterocycles. The van der Waals surface area contributed by atoms with Gasteiger partial charge in [-0.1, -0.05) is 43.4 Å². The Labute approximate surface area is 263 Å². The van der Waals surface area contributed by atoms with E-state index in [9.17, 15) is 4.39 Å². The largest absolute Gasteiger partial charge is 0.461 e. The van der Waals surface area contributed by atoms with E-state index in [-0.39, 0.29) is 29.2 Å². The van der Waals surface area contributed by atoms with Crippen molar-refractivity contribution >= 4 is 28.4 Å². The first-order chi connectivity index (χ1) is 21.7. The first kappa shape index (κ1) is 30.2. The van der Waals surface area contributed by atoms with E-state index in [1.807, 2.05) is 24.3 Å². The molecule has 6 nitrogen and oxygen atoms in total. The van der Waals surface area contributed by atoms with Crippen molar-refractivity contribution < 1.29 is 17.9 Å². The molecule has 4 aliphatic heterocycles. The summed E-state index contributed by atoms with van der Waals surface area (Å²) in [5.74, 6) is -0.891. The summed E-state index contributed by atoms with van der Waals surface area (Å²) >= 11 is 0. The number of alkyl halides is 1. The van der Waals surface area contributed by atoms with E-state index in [0.717, 1.165) is 44.2 Å². The minimum Gasteiger partial charge on any atom is -0.461 e. The molecular weight excluding hydrogens is 575 g/mol. The summed E-state index contributed by atoms with van der Waals surface area (Å²) in [6.45, 7) is 8.80. The molecule has 2 unspecified atom stereocenters. The smallest absolute Gasteiger partial charge is 0.319 e. The van der Waals surface area contributed by atoms with Crippen molar-refractivity contribution in [3.63, 3.8) is 0 Å². The van der Waals surface area contributed by atoms with Crippen LogP contribution in [0.2, 0.25) is 0 Å². The molecule has 4 fully saturated rings. The van der Waals surface area contributed by atoms with Crippen LogP contribution in [0.25, 0.3) is 22.6 Å². The summed E-state index contributed by atoms with van der Waals surface area (Å²) in [5, 5.41) is 3.95. The third-order valence-electron chi connectivity index (χ3n) is 10.5. The van der Waals surface area contributed by atoms with Gasteiger partial charge in [0.1, 0.15) is 29.9 Å². The molecule has 9 heteroatoms. The monoisotopic (exact) mass is 617 g/mol. The van der Waals surface area contributed by atoms with Crippen LogP contribution in [0, 0.1) is 18.6 Å². The SMILES string of the molecule is CCc1cccc(/C=C\C=C(/C)c2c(F)cc3c(N4CC5CCC(C4)N5)nc(OC[C@@]45CCCN4C[C@H](F)C5)nc3c2F)c1C. The lowest BCUT2D eigenvalue weighted by Crippen LogP contribution is -2.51. The normalized spacial score (nSPS) is 26.8. The van der Waals surface area contributed by atoms with Crippen LogP contribution < -0.4 is 15.0 Å². The van der Waals surface area contributed by atoms with Gasteiger partial charge in [-0.3, -0.25) is 4.90 Å². The average Bonchev–Trinajstić information content (AvgIpc) is 3.67. The van der Waals surface area contributed by atoms with Crippen molar-refractivity contribution in [1.29, 1.82) is 0 Å². The van der Waals surface area contributed by atoms with Crippen LogP contribution in [-0.4, -0.2) is 71.4 Å². The molecule has 2 bridgehead atoms. The van der Waals surface area contributed by atoms with Crippen molar-refractivity contribution in [3.8, 4) is 6.01 Å². The van der Waals surface area contributed by atoms with Gasteiger partial charge < -0.3 is 15.0 Å². The molecule has 4 atom stereocenters. The second kappa shape index (κ2) is 12.1. The highest BCUT2D eigenvalue weighted by Gasteiger charge is 2.49. The van der Waals surface area contributed by atoms with Crippen molar-refractivity contribution in [1.82, 2.24) is 20.2 Å². The minimum atomic E-state index is -0.885. The van der Waals surface area contributed by atoms with Gasteiger partial charge in [-0.05, 0) is 80.8 Å². The Balaban J connectivity index is 1.25. The lowest BCUT2D eigenvalue weighted by Gasteiger charge is -2.34. The fourth-order valence-corrected chi connectivity index (χ4v) is 8.09. The fraction of sp³-hybridized carbons (Fsp3) is 0.500. The maximum Gasteiger partial charge on any atom is 0.319 e. The number of hydrogen-bond acceptors (Lipinski definition) is 6. The van der Waals surface area contributed by atoms with Gasteiger partial charge in [0.2, 0.25) is 0 Å². The molecule has 238 valence electrons. The number of aryl methyl sites for hydroxylation is 1. The van der Waals surface area contributed by atoms with Gasteiger partial charge in [0.25, 0.3) is 0 Å². The Morgan fingerprint density at radius 1 is 1.16 bits per heavy atom. The highest BCUT2D eigenvalue weighted by molar-refractivity contribution is 5.93. The summed E-state index contributed by atoms with van der Waals surface area (Å²) < 4.78 is 52.9. The maximum atomic E-state index is 16.5. The van der Waals surface area contributed by atoms with Crippen LogP contribution in [0.3, 0.4) is 0 Å². The highest BCUT2D eigenvalue weighted by atomic mass is 19.1. The van der Waals surface area contributed by atoms with Crippen LogP contribution in [0.5, 0.6) is 6.01 Å². The molecule has 3 aromatic rings. The number of ether oxygens (including phenoxy) is 1. The van der Waals surface area contributed by atoms with E-state index >= 15 is 8.78 Å². The van der Waals surface area contributed by atoms with Gasteiger partial charge in [-0.25, -0.2) is 13.2 Å². The third kappa shape index (κ3) is 5.63. The Morgan fingerprint density at radius 3 is 2.73 bits per heavy atom. The van der Waals surface area contributed by atoms with Gasteiger partial charge in [-0.15, -0.1) is 0 Å². The van der Waals surface area contributed by atoms with Crippen molar-refractivity contribution in [2.75, 3.05) is 37.7 Å². The van der Waals surface area contributed by atoms with Crippen LogP contribution in [-0.2, 0) is 6.42 Å². The molecule has 1 N–H and O–H groups in total. The first-order valence-electron chi connectivity index (χ1n) is 16.4. The summed E-state index contributed by atoms with van der Waals surface area (Å²) in [6, 6.07) is 8.20. The molecule has 2 aromatic carbocycles. The predicted molar refractivity (Wildman–Crippen MR) is 173 cm³/mol. The van der Waals surface area contributed by atoms with Crippen molar-refractivity contribution in [3.05, 3.63) is 70.3 Å². The van der Waals surface area contributed by atoms with Gasteiger partial charge >= 0.3 is 6.01 Å². The molecule has 0 amide bonds. The number of halogens is 3. The topological polar surface area (TPSA) is 53.5 Å². The van der Waals surface area contributed by atoms with E-state index in [4.69, 9.17) is 9.72 Å². The zero-order valence-electron chi connectivity index (χ0n) is 26.4. The van der Waals surface area contributed by atoms with Crippen LogP contribution in [0.15, 0.2) is 36.4 Å². The number of fused-ring (bicyclic) bond motifs is 4. The number of hydrogen-bond donors (Lipinski definition) is 1. The molecule has 1 aromatic heterocycles. The lowest BCUT2D eigenvalue weighted by atomic mass is 9.95. The minimum absolute atomic E-state index is 0.0380. The number of nitrogens with one attached hydrogen (secondary N) is 1. The average molecular weight is 618 g/mol. The van der Waals surface area contributed by atoms with E-state index in [1.165, 1.54) is 17.2 Å². The number of benzene rings is 2. The van der Waals surface area contributed by atoms with Crippen molar-refractivity contribution in [2.24, 2.45) is 0 Å². The first-order valence-corrected chi connectivity index (χ1v) is 16.4. The molecule has 0 saturated carbocycles. The molecule has 5 heterocycles. The standard InChI is InChI=1S/C36H42F3N5O/c1-4-24-9-6-11-25(23(24)3)10-5-8-22(2)31-30(38)16-29-33(32(31)39)41-35(42-34(29)43-19-27-12-13-28(20-43)40-27)45-21-36-14-7-15-44(36)18-26(37)17-36/h5-6,8-11,16,26-28,40H,4,7,12-15,17-21H2,1-3H3/b10-5-,22-8+/t26-,27?,28?,36+/m1/s1. The Bertz CT molecular complexity index is 1660. The molecule has 7 rings (SSSR count). The fourth-order valence-electron chi connectivity index (χ4n) is 8.09. The summed E-state index contributed by atoms with van der Waals surface area (Å²) in [5.41, 5.74) is 3.53. The molecule has 0 radical (unpaired) electrons. The molecular formula is C36H42F3N5O. The van der Waals surface area contributed by atoms with Gasteiger partial charge in [0.15, 0.2) is 5.82 Å². The van der Waals surface area contributed by atoms with Crippen LogP contribution in [0.4, 0.5) is 19.0 Å². The van der Waals surface area contributed by atoms with E-state index < -0.39 is 17.8 Å². The second-order valence-corrected chi connectivity index (χ2v) is 13.4. The molecule has 4 aliphatic rings. The van der Waals surface area contributed by atoms with E-state index in [2.05, 4.69) is 40.0 Å². The van der Waals surface area contributed by atoms with E-state index in [1.54, 1.807) is 13.0 Å². The Hall–Kier alpha value is -3.43. The van der Waals surface area contributed by atoms with E-state index in [0.29, 0.717) is 54.9 Å². The number of rotatable bonds is 8. The third-order valence-corrected chi connectivity index (χ3v) is 10.5. The summed E-state index contributed by atoms with van der Waals surface area (Å²) in [7, 11) is 0. The number of nitrogens with zero attached hydrogens (tertiary/aromatic N) is 4. The maximum absolute atomic E-state index is 16.5. The summed E-state index contributed by atoms with van der Waals surface area (Å²) in [6.07, 6.45) is 9.97. The number of aromatic nitrogens is 2. The van der Waals surface area contributed by atoms with Crippen LogP contribution >= 0.6 is 0 Å². The Kier molecular flexibility index (Phi) is 8.10. The highest BCUT2D eigenvalue weighted by Crippen LogP contribution is 2.41. The van der Waals surface area contributed by atoms with Crippen LogP contribution in [0.1, 0.15) is 68.2 Å². The predicted octanol–water partition coefficient (Wildman–Crippen LogP) is 6.79. The molecule has 0 spiro atoms. The van der Waals surface area contributed by atoms with Gasteiger partial charge in [-0.2, -0.15) is 9.97 Å². The van der Waals surface area contributed by atoms with Crippen molar-refractivity contribution in [2.45, 2.75) is 83.1 Å². The molecule has 0 aliphatic carbocycles. The molecule has 45 heavy (non-hydrogen) atoms. The van der Waals surface area contributed by atoms with Gasteiger partial charge in [0.05, 0.1) is 11.1 Å².